The van der Waals surface area contributed by atoms with Crippen molar-refractivity contribution in [1.82, 2.24) is 0 Å². The van der Waals surface area contributed by atoms with Gasteiger partial charge in [-0.05, 0) is 36.6 Å². The Labute approximate surface area is 157 Å². The lowest BCUT2D eigenvalue weighted by molar-refractivity contribution is 0.466. The summed E-state index contributed by atoms with van der Waals surface area (Å²) in [5.41, 5.74) is 1.09. The molecule has 0 atom stereocenters. The van der Waals surface area contributed by atoms with E-state index in [9.17, 15) is 13.5 Å². The zero-order valence-corrected chi connectivity index (χ0v) is 16.3. The smallest absolute Gasteiger partial charge is 0.294 e. The van der Waals surface area contributed by atoms with E-state index in [1.807, 2.05) is 18.2 Å². The van der Waals surface area contributed by atoms with E-state index in [2.05, 4.69) is 6.92 Å². The van der Waals surface area contributed by atoms with Crippen LogP contribution in [0.25, 0.3) is 0 Å². The Morgan fingerprint density at radius 3 is 1.85 bits per heavy atom. The summed E-state index contributed by atoms with van der Waals surface area (Å²) in [5, 5.41) is 9.58. The highest BCUT2D eigenvalue weighted by molar-refractivity contribution is 7.85. The molecular formula is C21H30O4S. The molecule has 0 fully saturated rings. The van der Waals surface area contributed by atoms with Crippen molar-refractivity contribution in [2.24, 2.45) is 0 Å². The molecule has 0 aliphatic rings. The van der Waals surface area contributed by atoms with Crippen molar-refractivity contribution in [3.8, 4) is 5.75 Å². The summed E-state index contributed by atoms with van der Waals surface area (Å²) in [5.74, 6) is 0.452. The van der Waals surface area contributed by atoms with E-state index in [4.69, 9.17) is 4.55 Å². The molecule has 144 valence electrons. The molecule has 0 saturated heterocycles. The largest absolute Gasteiger partial charge is 0.508 e. The molecule has 0 aliphatic heterocycles. The zero-order valence-electron chi connectivity index (χ0n) is 15.5. The van der Waals surface area contributed by atoms with Gasteiger partial charge in [-0.2, -0.15) is 8.42 Å². The molecule has 0 unspecified atom stereocenters. The summed E-state index contributed by atoms with van der Waals surface area (Å²) in [7, 11) is -4.00. The van der Waals surface area contributed by atoms with E-state index in [1.54, 1.807) is 24.3 Å². The highest BCUT2D eigenvalue weighted by Gasteiger charge is 2.05. The lowest BCUT2D eigenvalue weighted by Crippen LogP contribution is -1.96. The van der Waals surface area contributed by atoms with E-state index >= 15 is 0 Å². The van der Waals surface area contributed by atoms with Crippen LogP contribution in [0.1, 0.15) is 57.4 Å². The lowest BCUT2D eigenvalue weighted by atomic mass is 10.0. The average molecular weight is 379 g/mol. The van der Waals surface area contributed by atoms with Gasteiger partial charge in [0.15, 0.2) is 0 Å². The fourth-order valence-corrected chi connectivity index (χ4v) is 3.09. The number of rotatable bonds is 9. The number of unbranched alkanes of at least 4 members (excludes halogenated alkanes) is 6. The summed E-state index contributed by atoms with van der Waals surface area (Å²) in [6.07, 6.45) is 10.3. The third-order valence-corrected chi connectivity index (χ3v) is 4.95. The summed E-state index contributed by atoms with van der Waals surface area (Å²) >= 11 is 0. The van der Waals surface area contributed by atoms with Crippen LogP contribution >= 0.6 is 0 Å². The van der Waals surface area contributed by atoms with Crippen molar-refractivity contribution in [3.05, 3.63) is 60.2 Å². The normalized spacial score (nSPS) is 10.8. The van der Waals surface area contributed by atoms with Gasteiger partial charge >= 0.3 is 0 Å². The van der Waals surface area contributed by atoms with Gasteiger partial charge in [-0.25, -0.2) is 0 Å². The van der Waals surface area contributed by atoms with Crippen molar-refractivity contribution in [1.29, 1.82) is 0 Å². The summed E-state index contributed by atoms with van der Waals surface area (Å²) in [6, 6.07) is 15.1. The van der Waals surface area contributed by atoms with Crippen LogP contribution in [0.15, 0.2) is 59.5 Å². The second-order valence-electron chi connectivity index (χ2n) is 6.29. The molecule has 0 aliphatic carbocycles. The number of hydrogen-bond acceptors (Lipinski definition) is 3. The quantitative estimate of drug-likeness (QED) is 0.439. The molecule has 0 aromatic heterocycles. The Hall–Kier alpha value is -1.85. The molecule has 0 saturated carbocycles. The van der Waals surface area contributed by atoms with Crippen LogP contribution in [0.5, 0.6) is 5.75 Å². The lowest BCUT2D eigenvalue weighted by Gasteiger charge is -2.04. The number of phenols is 1. The number of para-hydroxylation sites is 1. The second-order valence-corrected chi connectivity index (χ2v) is 7.71. The van der Waals surface area contributed by atoms with Gasteiger partial charge in [-0.3, -0.25) is 4.55 Å². The summed E-state index contributed by atoms with van der Waals surface area (Å²) in [4.78, 5) is -0.0741. The van der Waals surface area contributed by atoms with Gasteiger partial charge in [0, 0.05) is 0 Å². The first-order valence-corrected chi connectivity index (χ1v) is 10.7. The number of aromatic hydroxyl groups is 1. The van der Waals surface area contributed by atoms with Gasteiger partial charge < -0.3 is 5.11 Å². The molecule has 0 bridgehead atoms. The first-order chi connectivity index (χ1) is 12.4. The monoisotopic (exact) mass is 378 g/mol. The van der Waals surface area contributed by atoms with Gasteiger partial charge in [0.25, 0.3) is 10.1 Å². The first-order valence-electron chi connectivity index (χ1n) is 9.24. The maximum Gasteiger partial charge on any atom is 0.294 e. The molecule has 0 amide bonds. The van der Waals surface area contributed by atoms with E-state index in [1.165, 1.54) is 57.1 Å². The van der Waals surface area contributed by atoms with Crippen molar-refractivity contribution in [2.45, 2.75) is 63.2 Å². The van der Waals surface area contributed by atoms with Crippen molar-refractivity contribution in [2.75, 3.05) is 0 Å². The highest BCUT2D eigenvalue weighted by Crippen LogP contribution is 2.18. The van der Waals surface area contributed by atoms with Crippen LogP contribution in [0, 0.1) is 0 Å². The van der Waals surface area contributed by atoms with Crippen LogP contribution in [-0.2, 0) is 16.5 Å². The first kappa shape index (κ1) is 22.2. The third kappa shape index (κ3) is 9.59. The molecular weight excluding hydrogens is 348 g/mol. The van der Waals surface area contributed by atoms with E-state index in [0.29, 0.717) is 5.75 Å². The average Bonchev–Trinajstić information content (AvgIpc) is 2.63. The van der Waals surface area contributed by atoms with Crippen LogP contribution < -0.4 is 0 Å². The minimum Gasteiger partial charge on any atom is -0.508 e. The van der Waals surface area contributed by atoms with Gasteiger partial charge in [-0.15, -0.1) is 0 Å². The Bertz CT molecular complexity index is 712. The van der Waals surface area contributed by atoms with Crippen LogP contribution in [0.4, 0.5) is 0 Å². The predicted octanol–water partition coefficient (Wildman–Crippen LogP) is 5.62. The minimum absolute atomic E-state index is 0.0741. The molecule has 0 spiro atoms. The molecule has 26 heavy (non-hydrogen) atoms. The molecule has 2 aromatic carbocycles. The fourth-order valence-electron chi connectivity index (χ4n) is 2.59. The predicted molar refractivity (Wildman–Crippen MR) is 106 cm³/mol. The minimum atomic E-state index is -4.00. The number of benzene rings is 2. The van der Waals surface area contributed by atoms with Crippen LogP contribution in [0.2, 0.25) is 0 Å². The second kappa shape index (κ2) is 12.5. The standard InChI is InChI=1S/C15H24O.C6H6O3S/c1-2-3-4-5-6-7-8-11-14-12-9-10-13-15(14)16;7-10(8,9)6-4-2-1-3-5-6/h9-10,12-13,16H,2-8,11H2,1H3;1-5H,(H,7,8,9). The van der Waals surface area contributed by atoms with Gasteiger partial charge in [0.05, 0.1) is 4.90 Å². The fraction of sp³-hybridized carbons (Fsp3) is 0.429. The van der Waals surface area contributed by atoms with Gasteiger partial charge in [-0.1, -0.05) is 81.8 Å². The van der Waals surface area contributed by atoms with E-state index in [0.717, 1.165) is 12.0 Å². The molecule has 2 N–H and O–H groups in total. The number of hydrogen-bond donors (Lipinski definition) is 2. The Morgan fingerprint density at radius 2 is 1.31 bits per heavy atom. The third-order valence-electron chi connectivity index (χ3n) is 4.08. The van der Waals surface area contributed by atoms with Gasteiger partial charge in [0.2, 0.25) is 0 Å². The van der Waals surface area contributed by atoms with Crippen molar-refractivity contribution in [3.63, 3.8) is 0 Å². The number of phenolic OH excluding ortho intramolecular Hbond substituents is 1. The Kier molecular flexibility index (Phi) is 10.7. The Balaban J connectivity index is 0.000000289. The zero-order chi connectivity index (χ0) is 19.3. The maximum atomic E-state index is 10.4. The van der Waals surface area contributed by atoms with Crippen molar-refractivity contribution >= 4 is 10.1 Å². The molecule has 0 heterocycles. The van der Waals surface area contributed by atoms with E-state index < -0.39 is 10.1 Å². The molecule has 4 nitrogen and oxygen atoms in total. The van der Waals surface area contributed by atoms with Gasteiger partial charge in [0.1, 0.15) is 5.75 Å². The van der Waals surface area contributed by atoms with E-state index in [-0.39, 0.29) is 4.90 Å². The molecule has 2 rings (SSSR count). The molecule has 2 aromatic rings. The van der Waals surface area contributed by atoms with Crippen LogP contribution in [-0.4, -0.2) is 18.1 Å². The van der Waals surface area contributed by atoms with Crippen LogP contribution in [0.3, 0.4) is 0 Å². The topological polar surface area (TPSA) is 74.6 Å². The maximum absolute atomic E-state index is 10.4. The highest BCUT2D eigenvalue weighted by atomic mass is 32.2. The van der Waals surface area contributed by atoms with Crippen molar-refractivity contribution < 1.29 is 18.1 Å². The number of aryl methyl sites for hydroxylation is 1. The Morgan fingerprint density at radius 1 is 0.769 bits per heavy atom. The summed E-state index contributed by atoms with van der Waals surface area (Å²) < 4.78 is 29.2. The summed E-state index contributed by atoms with van der Waals surface area (Å²) in [6.45, 7) is 2.25. The SMILES string of the molecule is CCCCCCCCCc1ccccc1O.O=S(=O)(O)c1ccccc1. The molecule has 5 heteroatoms. The molecule has 0 radical (unpaired) electrons.